The van der Waals surface area contributed by atoms with E-state index in [1.54, 1.807) is 5.57 Å². The molecule has 0 amide bonds. The number of oxime groups is 1. The van der Waals surface area contributed by atoms with E-state index in [0.29, 0.717) is 12.3 Å². The molecule has 0 heterocycles. The van der Waals surface area contributed by atoms with Gasteiger partial charge in [-0.05, 0) is 51.6 Å². The summed E-state index contributed by atoms with van der Waals surface area (Å²) < 4.78 is 0. The van der Waals surface area contributed by atoms with E-state index in [2.05, 4.69) is 16.5 Å². The highest BCUT2D eigenvalue weighted by Gasteiger charge is 2.03. The van der Waals surface area contributed by atoms with Gasteiger partial charge in [0, 0.05) is 6.42 Å². The van der Waals surface area contributed by atoms with Crippen molar-refractivity contribution in [2.45, 2.75) is 44.9 Å². The van der Waals surface area contributed by atoms with Gasteiger partial charge in [0.2, 0.25) is 0 Å². The summed E-state index contributed by atoms with van der Waals surface area (Å²) in [6.07, 6.45) is 10.2. The molecule has 0 aromatic rings. The van der Waals surface area contributed by atoms with Crippen molar-refractivity contribution >= 4 is 5.84 Å². The molecular weight excluding hydrogens is 202 g/mol. The van der Waals surface area contributed by atoms with Crippen LogP contribution >= 0.6 is 0 Å². The van der Waals surface area contributed by atoms with Crippen molar-refractivity contribution in [1.29, 1.82) is 0 Å². The van der Waals surface area contributed by atoms with E-state index in [1.807, 2.05) is 0 Å². The number of hydrogen-bond donors (Lipinski definition) is 3. The lowest BCUT2D eigenvalue weighted by molar-refractivity contribution is 0.316. The van der Waals surface area contributed by atoms with Gasteiger partial charge >= 0.3 is 0 Å². The summed E-state index contributed by atoms with van der Waals surface area (Å²) in [6.45, 7) is 2.10. The number of hydrogen-bond acceptors (Lipinski definition) is 3. The molecule has 0 unspecified atom stereocenters. The quantitative estimate of drug-likeness (QED) is 0.148. The lowest BCUT2D eigenvalue weighted by atomic mass is 10.1. The normalized spacial score (nSPS) is 16.5. The zero-order valence-electron chi connectivity index (χ0n) is 9.91. The first kappa shape index (κ1) is 13.0. The summed E-state index contributed by atoms with van der Waals surface area (Å²) in [6, 6.07) is 0. The van der Waals surface area contributed by atoms with E-state index < -0.39 is 0 Å². The first-order valence-corrected chi connectivity index (χ1v) is 6.18. The van der Waals surface area contributed by atoms with E-state index in [4.69, 9.17) is 10.9 Å². The molecule has 0 aliphatic heterocycles. The summed E-state index contributed by atoms with van der Waals surface area (Å²) in [7, 11) is 0. The van der Waals surface area contributed by atoms with Crippen LogP contribution in [0.15, 0.2) is 16.8 Å². The molecule has 0 bridgehead atoms. The highest BCUT2D eigenvalue weighted by Crippen LogP contribution is 2.19. The Bertz CT molecular complexity index is 249. The van der Waals surface area contributed by atoms with Crippen molar-refractivity contribution in [3.63, 3.8) is 0 Å². The van der Waals surface area contributed by atoms with Gasteiger partial charge in [0.15, 0.2) is 0 Å². The van der Waals surface area contributed by atoms with E-state index in [9.17, 15) is 0 Å². The Kier molecular flexibility index (Phi) is 6.65. The summed E-state index contributed by atoms with van der Waals surface area (Å²) >= 11 is 0. The third-order valence-corrected chi connectivity index (χ3v) is 2.92. The van der Waals surface area contributed by atoms with Crippen molar-refractivity contribution in [2.24, 2.45) is 10.9 Å². The highest BCUT2D eigenvalue weighted by atomic mass is 16.4. The summed E-state index contributed by atoms with van der Waals surface area (Å²) in [5, 5.41) is 14.7. The minimum absolute atomic E-state index is 0.330. The molecule has 1 aliphatic carbocycles. The molecule has 0 atom stereocenters. The van der Waals surface area contributed by atoms with Gasteiger partial charge < -0.3 is 16.3 Å². The summed E-state index contributed by atoms with van der Waals surface area (Å²) in [4.78, 5) is 0. The Morgan fingerprint density at radius 2 is 2.31 bits per heavy atom. The van der Waals surface area contributed by atoms with E-state index in [-0.39, 0.29) is 0 Å². The van der Waals surface area contributed by atoms with Crippen LogP contribution in [0, 0.1) is 0 Å². The van der Waals surface area contributed by atoms with Gasteiger partial charge in [0.1, 0.15) is 5.84 Å². The predicted molar refractivity (Wildman–Crippen MR) is 66.7 cm³/mol. The topological polar surface area (TPSA) is 70.6 Å². The number of rotatable bonds is 8. The highest BCUT2D eigenvalue weighted by molar-refractivity contribution is 5.79. The summed E-state index contributed by atoms with van der Waals surface area (Å²) in [5.74, 6) is 0.330. The molecule has 0 radical (unpaired) electrons. The van der Waals surface area contributed by atoms with E-state index in [1.165, 1.54) is 25.7 Å². The van der Waals surface area contributed by atoms with Crippen LogP contribution in [0.1, 0.15) is 44.9 Å². The van der Waals surface area contributed by atoms with Gasteiger partial charge in [-0.15, -0.1) is 0 Å². The van der Waals surface area contributed by atoms with Crippen molar-refractivity contribution in [3.05, 3.63) is 11.6 Å². The molecule has 0 aromatic heterocycles. The van der Waals surface area contributed by atoms with Crippen LogP contribution in [-0.4, -0.2) is 24.1 Å². The van der Waals surface area contributed by atoms with Crippen LogP contribution in [-0.2, 0) is 0 Å². The minimum atomic E-state index is 0.330. The molecular formula is C12H23N3O. The minimum Gasteiger partial charge on any atom is -0.409 e. The van der Waals surface area contributed by atoms with Crippen molar-refractivity contribution in [3.8, 4) is 0 Å². The first-order valence-electron chi connectivity index (χ1n) is 6.18. The number of nitrogens with one attached hydrogen (secondary N) is 1. The standard InChI is InChI=1S/C12H23N3O/c13-12(15-16)7-3-4-9-14-10-8-11-5-1-2-6-11/h5,14,16H,1-4,6-10H2,(H2,13,15). The molecule has 1 rings (SSSR count). The smallest absolute Gasteiger partial charge is 0.139 e. The van der Waals surface area contributed by atoms with Gasteiger partial charge in [-0.2, -0.15) is 0 Å². The molecule has 0 saturated carbocycles. The van der Waals surface area contributed by atoms with Gasteiger partial charge in [-0.25, -0.2) is 0 Å². The summed E-state index contributed by atoms with van der Waals surface area (Å²) in [5.41, 5.74) is 6.98. The maximum Gasteiger partial charge on any atom is 0.139 e. The second-order valence-electron chi connectivity index (χ2n) is 4.30. The van der Waals surface area contributed by atoms with E-state index >= 15 is 0 Å². The molecule has 16 heavy (non-hydrogen) atoms. The molecule has 0 saturated heterocycles. The monoisotopic (exact) mass is 225 g/mol. The fourth-order valence-corrected chi connectivity index (χ4v) is 1.94. The van der Waals surface area contributed by atoms with Crippen LogP contribution in [0.3, 0.4) is 0 Å². The maximum atomic E-state index is 8.34. The molecule has 1 aliphatic rings. The average Bonchev–Trinajstić information content (AvgIpc) is 2.80. The second kappa shape index (κ2) is 8.16. The number of nitrogens with zero attached hydrogens (tertiary/aromatic N) is 1. The Balaban J connectivity index is 1.84. The van der Waals surface area contributed by atoms with Crippen LogP contribution in [0.4, 0.5) is 0 Å². The van der Waals surface area contributed by atoms with Crippen molar-refractivity contribution < 1.29 is 5.21 Å². The van der Waals surface area contributed by atoms with Gasteiger partial charge in [-0.1, -0.05) is 16.8 Å². The first-order chi connectivity index (χ1) is 7.83. The third-order valence-electron chi connectivity index (χ3n) is 2.92. The Morgan fingerprint density at radius 1 is 1.44 bits per heavy atom. The molecule has 0 aromatic carbocycles. The van der Waals surface area contributed by atoms with Crippen molar-refractivity contribution in [1.82, 2.24) is 5.32 Å². The lowest BCUT2D eigenvalue weighted by Crippen LogP contribution is -2.18. The van der Waals surface area contributed by atoms with E-state index in [0.717, 1.165) is 25.9 Å². The van der Waals surface area contributed by atoms with Crippen LogP contribution in [0.5, 0.6) is 0 Å². The molecule has 4 nitrogen and oxygen atoms in total. The van der Waals surface area contributed by atoms with Crippen LogP contribution in [0.25, 0.3) is 0 Å². The molecule has 4 N–H and O–H groups in total. The van der Waals surface area contributed by atoms with Crippen LogP contribution < -0.4 is 11.1 Å². The fourth-order valence-electron chi connectivity index (χ4n) is 1.94. The zero-order valence-corrected chi connectivity index (χ0v) is 9.91. The molecule has 0 fully saturated rings. The Hall–Kier alpha value is -1.03. The van der Waals surface area contributed by atoms with Gasteiger partial charge in [-0.3, -0.25) is 0 Å². The number of amidine groups is 1. The van der Waals surface area contributed by atoms with Crippen LogP contribution in [0.2, 0.25) is 0 Å². The number of nitrogens with two attached hydrogens (primary N) is 1. The maximum absolute atomic E-state index is 8.34. The zero-order chi connectivity index (χ0) is 11.6. The fraction of sp³-hybridized carbons (Fsp3) is 0.750. The van der Waals surface area contributed by atoms with Crippen molar-refractivity contribution in [2.75, 3.05) is 13.1 Å². The molecule has 92 valence electrons. The number of unbranched alkanes of at least 4 members (excludes halogenated alkanes) is 1. The Labute approximate surface area is 97.6 Å². The average molecular weight is 225 g/mol. The van der Waals surface area contributed by atoms with Gasteiger partial charge in [0.25, 0.3) is 0 Å². The molecule has 4 heteroatoms. The largest absolute Gasteiger partial charge is 0.409 e. The molecule has 0 spiro atoms. The second-order valence-corrected chi connectivity index (χ2v) is 4.30. The SMILES string of the molecule is NC(CCCCNCCC1=CCCC1)=NO. The predicted octanol–water partition coefficient (Wildman–Crippen LogP) is 1.99. The number of allylic oxidation sites excluding steroid dienone is 1. The third kappa shape index (κ3) is 5.75. The Morgan fingerprint density at radius 3 is 3.00 bits per heavy atom. The lowest BCUT2D eigenvalue weighted by Gasteiger charge is -2.05. The van der Waals surface area contributed by atoms with Gasteiger partial charge in [0.05, 0.1) is 0 Å².